The molecule has 2 fully saturated rings. The number of piperidine rings is 1. The number of aromatic nitrogens is 3. The van der Waals surface area contributed by atoms with E-state index < -0.39 is 23.9 Å². The van der Waals surface area contributed by atoms with Gasteiger partial charge in [0, 0.05) is 24.2 Å². The Morgan fingerprint density at radius 1 is 1.25 bits per heavy atom. The summed E-state index contributed by atoms with van der Waals surface area (Å²) in [5.74, 6) is 0.0317. The number of nitrogens with zero attached hydrogens (tertiary/aromatic N) is 3. The van der Waals surface area contributed by atoms with Crippen LogP contribution in [0.3, 0.4) is 0 Å². The van der Waals surface area contributed by atoms with E-state index in [2.05, 4.69) is 20.3 Å². The molecule has 5 rings (SSSR count). The number of benzene rings is 1. The summed E-state index contributed by atoms with van der Waals surface area (Å²) in [6.07, 6.45) is 2.84. The minimum absolute atomic E-state index is 0.0417. The zero-order valence-electron chi connectivity index (χ0n) is 20.3. The third kappa shape index (κ3) is 4.76. The van der Waals surface area contributed by atoms with Gasteiger partial charge in [-0.05, 0) is 50.3 Å². The van der Waals surface area contributed by atoms with Crippen LogP contribution in [0.4, 0.5) is 8.78 Å². The van der Waals surface area contributed by atoms with E-state index in [1.54, 1.807) is 19.9 Å². The molecule has 2 amide bonds. The van der Waals surface area contributed by atoms with E-state index in [1.165, 1.54) is 23.4 Å². The van der Waals surface area contributed by atoms with Crippen molar-refractivity contribution >= 4 is 22.8 Å². The van der Waals surface area contributed by atoms with Gasteiger partial charge in [0.25, 0.3) is 5.91 Å². The number of aryl methyl sites for hydroxylation is 1. The number of fused-ring (bicyclic) bond motifs is 1. The Balaban J connectivity index is 1.42. The van der Waals surface area contributed by atoms with Gasteiger partial charge in [-0.3, -0.25) is 9.59 Å². The van der Waals surface area contributed by atoms with Crippen molar-refractivity contribution in [2.45, 2.75) is 51.7 Å². The first-order valence-corrected chi connectivity index (χ1v) is 12.3. The molecule has 1 saturated heterocycles. The standard InChI is InChI=1S/C26H29F2N5O3/c1-3-21(34)33-9-8-19(18(28)11-33)32-26(35)22-14(2)31-25-23(29-13-30-24(22)25)17-10-16(27)6-7-20(17)36-12-15-4-5-15/h6-7,10,13,15,18-19,31H,3-5,8-9,11-12H2,1-2H3,(H,32,35)/t18-,19-/m1/s1. The molecule has 0 bridgehead atoms. The van der Waals surface area contributed by atoms with Crippen molar-refractivity contribution in [3.8, 4) is 17.0 Å². The fourth-order valence-electron chi connectivity index (χ4n) is 4.67. The first-order valence-electron chi connectivity index (χ1n) is 12.3. The number of H-pyrrole nitrogens is 1. The van der Waals surface area contributed by atoms with Crippen molar-refractivity contribution in [3.63, 3.8) is 0 Å². The lowest BCUT2D eigenvalue weighted by molar-refractivity contribution is -0.133. The van der Waals surface area contributed by atoms with Gasteiger partial charge in [0.1, 0.15) is 35.3 Å². The molecule has 10 heteroatoms. The van der Waals surface area contributed by atoms with Crippen LogP contribution in [-0.4, -0.2) is 63.6 Å². The monoisotopic (exact) mass is 497 g/mol. The lowest BCUT2D eigenvalue weighted by atomic mass is 10.0. The van der Waals surface area contributed by atoms with Crippen LogP contribution in [0.15, 0.2) is 24.5 Å². The van der Waals surface area contributed by atoms with E-state index >= 15 is 0 Å². The second-order valence-corrected chi connectivity index (χ2v) is 9.54. The molecule has 2 atom stereocenters. The maximum absolute atomic E-state index is 14.8. The fourth-order valence-corrected chi connectivity index (χ4v) is 4.67. The summed E-state index contributed by atoms with van der Waals surface area (Å²) in [4.78, 5) is 38.5. The average Bonchev–Trinajstić information content (AvgIpc) is 3.63. The van der Waals surface area contributed by atoms with Crippen molar-refractivity contribution in [2.24, 2.45) is 5.92 Å². The van der Waals surface area contributed by atoms with Crippen LogP contribution < -0.4 is 10.1 Å². The first-order chi connectivity index (χ1) is 17.4. The van der Waals surface area contributed by atoms with Gasteiger partial charge in [-0.1, -0.05) is 6.92 Å². The van der Waals surface area contributed by atoms with Crippen molar-refractivity contribution < 1.29 is 23.1 Å². The fraction of sp³-hybridized carbons (Fsp3) is 0.462. The number of carbonyl (C=O) groups excluding carboxylic acids is 2. The Morgan fingerprint density at radius 3 is 2.78 bits per heavy atom. The largest absolute Gasteiger partial charge is 0.493 e. The van der Waals surface area contributed by atoms with Crippen LogP contribution in [0.5, 0.6) is 5.75 Å². The van der Waals surface area contributed by atoms with Crippen LogP contribution in [0.1, 0.15) is 48.7 Å². The third-order valence-corrected chi connectivity index (χ3v) is 6.88. The molecule has 2 aliphatic rings. The normalized spacial score (nSPS) is 19.9. The molecule has 0 spiro atoms. The topological polar surface area (TPSA) is 100 Å². The zero-order valence-corrected chi connectivity index (χ0v) is 20.3. The summed E-state index contributed by atoms with van der Waals surface area (Å²) in [5.41, 5.74) is 2.54. The highest BCUT2D eigenvalue weighted by Crippen LogP contribution is 2.36. The molecule has 8 nitrogen and oxygen atoms in total. The molecule has 2 N–H and O–H groups in total. The number of ether oxygens (including phenoxy) is 1. The lowest BCUT2D eigenvalue weighted by Gasteiger charge is -2.35. The first kappa shape index (κ1) is 24.1. The number of rotatable bonds is 7. The van der Waals surface area contributed by atoms with Crippen LogP contribution >= 0.6 is 0 Å². The number of amides is 2. The van der Waals surface area contributed by atoms with Crippen molar-refractivity contribution in [1.82, 2.24) is 25.2 Å². The molecule has 3 heterocycles. The highest BCUT2D eigenvalue weighted by atomic mass is 19.1. The Bertz CT molecular complexity index is 1310. The number of carbonyl (C=O) groups is 2. The number of hydrogen-bond acceptors (Lipinski definition) is 5. The number of likely N-dealkylation sites (tertiary alicyclic amines) is 1. The molecule has 190 valence electrons. The van der Waals surface area contributed by atoms with Crippen LogP contribution in [0.2, 0.25) is 0 Å². The van der Waals surface area contributed by atoms with Crippen LogP contribution in [0.25, 0.3) is 22.3 Å². The lowest BCUT2D eigenvalue weighted by Crippen LogP contribution is -2.53. The van der Waals surface area contributed by atoms with Crippen LogP contribution in [-0.2, 0) is 4.79 Å². The van der Waals surface area contributed by atoms with Crippen molar-refractivity contribution in [1.29, 1.82) is 0 Å². The van der Waals surface area contributed by atoms with E-state index in [4.69, 9.17) is 4.74 Å². The Labute approximate surface area is 207 Å². The van der Waals surface area contributed by atoms with Gasteiger partial charge in [-0.2, -0.15) is 0 Å². The Morgan fingerprint density at radius 2 is 2.06 bits per heavy atom. The van der Waals surface area contributed by atoms with Gasteiger partial charge in [-0.25, -0.2) is 18.7 Å². The number of aromatic amines is 1. The summed E-state index contributed by atoms with van der Waals surface area (Å²) in [6, 6.07) is 3.57. The van der Waals surface area contributed by atoms with Gasteiger partial charge >= 0.3 is 0 Å². The van der Waals surface area contributed by atoms with Gasteiger partial charge in [0.05, 0.1) is 30.3 Å². The minimum atomic E-state index is -1.37. The van der Waals surface area contributed by atoms with Crippen molar-refractivity contribution in [3.05, 3.63) is 41.6 Å². The molecular formula is C26H29F2N5O3. The highest BCUT2D eigenvalue weighted by molar-refractivity contribution is 6.09. The van der Waals surface area contributed by atoms with E-state index in [0.29, 0.717) is 65.6 Å². The summed E-state index contributed by atoms with van der Waals surface area (Å²) >= 11 is 0. The molecule has 2 aromatic heterocycles. The number of nitrogens with one attached hydrogen (secondary N) is 2. The van der Waals surface area contributed by atoms with E-state index in [-0.39, 0.29) is 18.0 Å². The molecule has 1 aliphatic carbocycles. The predicted molar refractivity (Wildman–Crippen MR) is 130 cm³/mol. The molecule has 1 aliphatic heterocycles. The van der Waals surface area contributed by atoms with Gasteiger partial charge < -0.3 is 19.9 Å². The van der Waals surface area contributed by atoms with Crippen molar-refractivity contribution in [2.75, 3.05) is 19.7 Å². The van der Waals surface area contributed by atoms with Gasteiger partial charge in [0.2, 0.25) is 5.91 Å². The molecule has 36 heavy (non-hydrogen) atoms. The highest BCUT2D eigenvalue weighted by Gasteiger charge is 2.33. The van der Waals surface area contributed by atoms with E-state index in [9.17, 15) is 18.4 Å². The number of halogens is 2. The third-order valence-electron chi connectivity index (χ3n) is 6.88. The minimum Gasteiger partial charge on any atom is -0.493 e. The summed E-state index contributed by atoms with van der Waals surface area (Å²) in [5, 5.41) is 2.78. The second kappa shape index (κ2) is 9.83. The second-order valence-electron chi connectivity index (χ2n) is 9.54. The Hall–Kier alpha value is -3.56. The smallest absolute Gasteiger partial charge is 0.255 e. The van der Waals surface area contributed by atoms with Crippen LogP contribution in [0, 0.1) is 18.7 Å². The average molecular weight is 498 g/mol. The van der Waals surface area contributed by atoms with E-state index in [1.807, 2.05) is 0 Å². The summed E-state index contributed by atoms with van der Waals surface area (Å²) in [7, 11) is 0. The number of alkyl halides is 1. The van der Waals surface area contributed by atoms with E-state index in [0.717, 1.165) is 12.8 Å². The Kier molecular flexibility index (Phi) is 6.59. The quantitative estimate of drug-likeness (QED) is 0.515. The predicted octanol–water partition coefficient (Wildman–Crippen LogP) is 3.94. The number of hydrogen-bond donors (Lipinski definition) is 2. The van der Waals surface area contributed by atoms with Gasteiger partial charge in [-0.15, -0.1) is 0 Å². The van der Waals surface area contributed by atoms with Gasteiger partial charge in [0.15, 0.2) is 0 Å². The molecule has 3 aromatic rings. The summed E-state index contributed by atoms with van der Waals surface area (Å²) < 4.78 is 35.0. The molecular weight excluding hydrogens is 468 g/mol. The molecule has 0 unspecified atom stereocenters. The zero-order chi connectivity index (χ0) is 25.4. The molecule has 0 radical (unpaired) electrons. The maximum atomic E-state index is 14.8. The molecule has 1 aromatic carbocycles. The molecule has 1 saturated carbocycles. The maximum Gasteiger partial charge on any atom is 0.255 e. The SMILES string of the molecule is CCC(=O)N1CC[C@@H](NC(=O)c2c(C)[nH]c3c(-c4cc(F)ccc4OCC4CC4)ncnc23)[C@H](F)C1. The summed E-state index contributed by atoms with van der Waals surface area (Å²) in [6.45, 7) is 4.37.